The van der Waals surface area contributed by atoms with Crippen molar-refractivity contribution in [1.29, 1.82) is 0 Å². The lowest BCUT2D eigenvalue weighted by atomic mass is 9.79. The van der Waals surface area contributed by atoms with Crippen LogP contribution in [0.15, 0.2) is 54.6 Å². The molecule has 0 unspecified atom stereocenters. The van der Waals surface area contributed by atoms with Crippen molar-refractivity contribution in [2.75, 3.05) is 6.61 Å². The van der Waals surface area contributed by atoms with Crippen LogP contribution in [0.3, 0.4) is 0 Å². The van der Waals surface area contributed by atoms with E-state index in [0.717, 1.165) is 38.5 Å². The summed E-state index contributed by atoms with van der Waals surface area (Å²) in [6.07, 6.45) is 9.61. The second-order valence-electron chi connectivity index (χ2n) is 10.6. The van der Waals surface area contributed by atoms with Crippen LogP contribution in [-0.2, 0) is 6.61 Å². The maximum absolute atomic E-state index is 14.8. The molecule has 2 nitrogen and oxygen atoms in total. The molecule has 204 valence electrons. The van der Waals surface area contributed by atoms with Gasteiger partial charge in [-0.15, -0.1) is 0 Å². The summed E-state index contributed by atoms with van der Waals surface area (Å²) in [5.74, 6) is -0.171. The average Bonchev–Trinajstić information content (AvgIpc) is 2.93. The molecule has 0 aliphatic heterocycles. The van der Waals surface area contributed by atoms with Crippen LogP contribution in [-0.4, -0.2) is 6.61 Å². The summed E-state index contributed by atoms with van der Waals surface area (Å²) in [5.41, 5.74) is 1.83. The van der Waals surface area contributed by atoms with Gasteiger partial charge in [0.05, 0.1) is 6.61 Å². The van der Waals surface area contributed by atoms with E-state index >= 15 is 0 Å². The lowest BCUT2D eigenvalue weighted by Crippen LogP contribution is -2.13. The number of hydrogen-bond donors (Lipinski definition) is 0. The van der Waals surface area contributed by atoms with Crippen LogP contribution in [0.1, 0.15) is 88.7 Å². The molecule has 1 fully saturated rings. The first kappa shape index (κ1) is 28.1. The van der Waals surface area contributed by atoms with Gasteiger partial charge in [-0.05, 0) is 66.5 Å². The van der Waals surface area contributed by atoms with Gasteiger partial charge >= 0.3 is 0 Å². The number of unbranched alkanes of at least 4 members (excludes halogenated alkanes) is 4. The fourth-order valence-electron chi connectivity index (χ4n) is 5.21. The minimum absolute atomic E-state index is 0.0804. The van der Waals surface area contributed by atoms with E-state index in [-0.39, 0.29) is 23.9 Å². The monoisotopic (exact) mass is 524 g/mol. The Bertz CT molecular complexity index is 1170. The molecule has 38 heavy (non-hydrogen) atoms. The summed E-state index contributed by atoms with van der Waals surface area (Å²) < 4.78 is 55.8. The fraction of sp³-hybridized carbons (Fsp3) is 0.455. The first-order valence-electron chi connectivity index (χ1n) is 14.1. The van der Waals surface area contributed by atoms with Crippen LogP contribution in [0.25, 0.3) is 11.1 Å². The molecule has 0 heterocycles. The SMILES string of the molecule is CCCCCCCOc1ccc(-c2ccc(OCc3ccc(C4CCC(C)CC4)c(F)c3F)cc2)c(F)c1. The molecule has 1 aliphatic carbocycles. The van der Waals surface area contributed by atoms with Gasteiger partial charge in [-0.1, -0.05) is 76.6 Å². The van der Waals surface area contributed by atoms with Gasteiger partial charge in [0.15, 0.2) is 11.6 Å². The highest BCUT2D eigenvalue weighted by molar-refractivity contribution is 5.65. The molecule has 0 N–H and O–H groups in total. The second kappa shape index (κ2) is 13.7. The van der Waals surface area contributed by atoms with Crippen molar-refractivity contribution >= 4 is 0 Å². The van der Waals surface area contributed by atoms with E-state index in [9.17, 15) is 13.2 Å². The normalized spacial score (nSPS) is 17.4. The van der Waals surface area contributed by atoms with E-state index in [4.69, 9.17) is 9.47 Å². The number of halogens is 3. The van der Waals surface area contributed by atoms with Crippen molar-refractivity contribution in [2.24, 2.45) is 5.92 Å². The maximum atomic E-state index is 14.8. The summed E-state index contributed by atoms with van der Waals surface area (Å²) >= 11 is 0. The number of rotatable bonds is 12. The molecule has 0 bridgehead atoms. The fourth-order valence-corrected chi connectivity index (χ4v) is 5.21. The van der Waals surface area contributed by atoms with Crippen LogP contribution in [0.5, 0.6) is 11.5 Å². The molecule has 1 saturated carbocycles. The molecule has 0 aromatic heterocycles. The van der Waals surface area contributed by atoms with E-state index in [0.29, 0.717) is 40.7 Å². The first-order chi connectivity index (χ1) is 18.5. The maximum Gasteiger partial charge on any atom is 0.165 e. The van der Waals surface area contributed by atoms with Gasteiger partial charge in [-0.3, -0.25) is 0 Å². The Balaban J connectivity index is 1.32. The van der Waals surface area contributed by atoms with Gasteiger partial charge in [0.25, 0.3) is 0 Å². The van der Waals surface area contributed by atoms with E-state index in [1.807, 2.05) is 0 Å². The van der Waals surface area contributed by atoms with Crippen molar-refractivity contribution in [3.63, 3.8) is 0 Å². The summed E-state index contributed by atoms with van der Waals surface area (Å²) in [5, 5.41) is 0. The second-order valence-corrected chi connectivity index (χ2v) is 10.6. The molecular weight excluding hydrogens is 485 g/mol. The summed E-state index contributed by atoms with van der Waals surface area (Å²) in [7, 11) is 0. The van der Waals surface area contributed by atoms with Gasteiger partial charge in [-0.25, -0.2) is 13.2 Å². The predicted molar refractivity (Wildman–Crippen MR) is 147 cm³/mol. The lowest BCUT2D eigenvalue weighted by Gasteiger charge is -2.27. The highest BCUT2D eigenvalue weighted by atomic mass is 19.2. The minimum atomic E-state index is -0.830. The molecule has 4 rings (SSSR count). The van der Waals surface area contributed by atoms with Crippen LogP contribution >= 0.6 is 0 Å². The highest BCUT2D eigenvalue weighted by Gasteiger charge is 2.24. The molecule has 0 amide bonds. The van der Waals surface area contributed by atoms with Crippen LogP contribution in [0.4, 0.5) is 13.2 Å². The van der Waals surface area contributed by atoms with E-state index in [2.05, 4.69) is 13.8 Å². The van der Waals surface area contributed by atoms with Crippen LogP contribution in [0, 0.1) is 23.4 Å². The van der Waals surface area contributed by atoms with Gasteiger partial charge in [0.2, 0.25) is 0 Å². The minimum Gasteiger partial charge on any atom is -0.493 e. The molecule has 0 atom stereocenters. The number of ether oxygens (including phenoxy) is 2. The Morgan fingerprint density at radius 1 is 0.737 bits per heavy atom. The predicted octanol–water partition coefficient (Wildman–Crippen LogP) is 9.99. The molecule has 1 aliphatic rings. The molecular formula is C33H39F3O2. The molecule has 5 heteroatoms. The van der Waals surface area contributed by atoms with Crippen molar-refractivity contribution < 1.29 is 22.6 Å². The van der Waals surface area contributed by atoms with Crippen molar-refractivity contribution in [2.45, 2.75) is 84.2 Å². The Morgan fingerprint density at radius 3 is 2.16 bits per heavy atom. The Morgan fingerprint density at radius 2 is 1.45 bits per heavy atom. The van der Waals surface area contributed by atoms with Gasteiger partial charge in [0, 0.05) is 17.2 Å². The third-order valence-corrected chi connectivity index (χ3v) is 7.66. The Labute approximate surface area is 225 Å². The van der Waals surface area contributed by atoms with E-state index < -0.39 is 11.6 Å². The topological polar surface area (TPSA) is 18.5 Å². The summed E-state index contributed by atoms with van der Waals surface area (Å²) in [4.78, 5) is 0. The van der Waals surface area contributed by atoms with Gasteiger partial charge in [-0.2, -0.15) is 0 Å². The van der Waals surface area contributed by atoms with Crippen molar-refractivity contribution in [1.82, 2.24) is 0 Å². The zero-order valence-corrected chi connectivity index (χ0v) is 22.6. The Hall–Kier alpha value is -2.95. The van der Waals surface area contributed by atoms with Gasteiger partial charge < -0.3 is 9.47 Å². The highest BCUT2D eigenvalue weighted by Crippen LogP contribution is 2.37. The van der Waals surface area contributed by atoms with Crippen LogP contribution < -0.4 is 9.47 Å². The molecule has 0 spiro atoms. The molecule has 0 saturated heterocycles. The molecule has 3 aromatic carbocycles. The van der Waals surface area contributed by atoms with E-state index in [1.54, 1.807) is 48.5 Å². The van der Waals surface area contributed by atoms with Crippen molar-refractivity contribution in [3.05, 3.63) is 83.2 Å². The third-order valence-electron chi connectivity index (χ3n) is 7.66. The summed E-state index contributed by atoms with van der Waals surface area (Å²) in [6, 6.07) is 15.2. The third kappa shape index (κ3) is 7.33. The number of hydrogen-bond acceptors (Lipinski definition) is 2. The van der Waals surface area contributed by atoms with E-state index in [1.165, 1.54) is 25.3 Å². The largest absolute Gasteiger partial charge is 0.493 e. The first-order valence-corrected chi connectivity index (χ1v) is 14.1. The van der Waals surface area contributed by atoms with Crippen LogP contribution in [0.2, 0.25) is 0 Å². The standard InChI is InChI=1S/C33H39F3O2/c1-3-4-5-6-7-20-37-28-17-19-29(31(34)21-28)24-12-15-27(16-13-24)38-22-26-14-18-30(33(36)32(26)35)25-10-8-23(2)9-11-25/h12-19,21,23,25H,3-11,20,22H2,1-2H3. The molecule has 0 radical (unpaired) electrons. The van der Waals surface area contributed by atoms with Gasteiger partial charge in [0.1, 0.15) is 23.9 Å². The smallest absolute Gasteiger partial charge is 0.165 e. The quantitative estimate of drug-likeness (QED) is 0.220. The summed E-state index contributed by atoms with van der Waals surface area (Å²) in [6.45, 7) is 4.89. The Kier molecular flexibility index (Phi) is 10.1. The van der Waals surface area contributed by atoms with Crippen molar-refractivity contribution in [3.8, 4) is 22.6 Å². The average molecular weight is 525 g/mol. The number of benzene rings is 3. The lowest BCUT2D eigenvalue weighted by molar-refractivity contribution is 0.295. The zero-order valence-electron chi connectivity index (χ0n) is 22.6. The zero-order chi connectivity index (χ0) is 26.9. The molecule has 3 aromatic rings.